The van der Waals surface area contributed by atoms with Gasteiger partial charge in [-0.3, -0.25) is 9.59 Å². The van der Waals surface area contributed by atoms with Gasteiger partial charge in [0.1, 0.15) is 6.54 Å². The van der Waals surface area contributed by atoms with E-state index in [4.69, 9.17) is 5.11 Å². The maximum atomic E-state index is 11.8. The number of carbonyl (C=O) groups is 3. The molecule has 3 amide bonds. The second-order valence-corrected chi connectivity index (χ2v) is 5.11. The quantitative estimate of drug-likeness (QED) is 0.718. The molecular formula is C12H17N3O4S. The van der Waals surface area contributed by atoms with Crippen molar-refractivity contribution in [2.75, 3.05) is 20.1 Å². The molecule has 7 nitrogen and oxygen atoms in total. The molecule has 1 unspecified atom stereocenters. The SMILES string of the molecule is CC(c1cccs1)N(C)C(=O)NCC(=O)NCC(=O)O. The van der Waals surface area contributed by atoms with E-state index in [1.54, 1.807) is 18.4 Å². The molecule has 1 heterocycles. The van der Waals surface area contributed by atoms with Crippen molar-refractivity contribution in [3.05, 3.63) is 22.4 Å². The Bertz CT molecular complexity index is 475. The Morgan fingerprint density at radius 2 is 2.05 bits per heavy atom. The van der Waals surface area contributed by atoms with Crippen molar-refractivity contribution in [3.8, 4) is 0 Å². The van der Waals surface area contributed by atoms with Crippen molar-refractivity contribution >= 4 is 29.2 Å². The summed E-state index contributed by atoms with van der Waals surface area (Å²) < 4.78 is 0. The molecule has 0 saturated heterocycles. The minimum Gasteiger partial charge on any atom is -0.480 e. The molecule has 1 atom stereocenters. The lowest BCUT2D eigenvalue weighted by Crippen LogP contribution is -2.44. The molecule has 20 heavy (non-hydrogen) atoms. The molecule has 0 aliphatic carbocycles. The molecular weight excluding hydrogens is 282 g/mol. The van der Waals surface area contributed by atoms with Gasteiger partial charge in [0.25, 0.3) is 0 Å². The average Bonchev–Trinajstić information content (AvgIpc) is 2.94. The van der Waals surface area contributed by atoms with Crippen LogP contribution in [-0.4, -0.2) is 48.1 Å². The monoisotopic (exact) mass is 299 g/mol. The average molecular weight is 299 g/mol. The Hall–Kier alpha value is -2.09. The Kier molecular flexibility index (Phi) is 5.98. The van der Waals surface area contributed by atoms with E-state index < -0.39 is 24.5 Å². The van der Waals surface area contributed by atoms with Crippen LogP contribution >= 0.6 is 11.3 Å². The van der Waals surface area contributed by atoms with Crippen LogP contribution in [0.2, 0.25) is 0 Å². The highest BCUT2D eigenvalue weighted by molar-refractivity contribution is 7.10. The minimum atomic E-state index is -1.13. The van der Waals surface area contributed by atoms with Crippen LogP contribution in [0, 0.1) is 0 Å². The number of hydrogen-bond donors (Lipinski definition) is 3. The molecule has 0 spiro atoms. The van der Waals surface area contributed by atoms with E-state index in [2.05, 4.69) is 10.6 Å². The predicted molar refractivity (Wildman–Crippen MR) is 74.5 cm³/mol. The van der Waals surface area contributed by atoms with Gasteiger partial charge in [-0.1, -0.05) is 6.07 Å². The van der Waals surface area contributed by atoms with Crippen molar-refractivity contribution in [2.45, 2.75) is 13.0 Å². The summed E-state index contributed by atoms with van der Waals surface area (Å²) in [6.07, 6.45) is 0. The van der Waals surface area contributed by atoms with E-state index in [0.29, 0.717) is 0 Å². The number of rotatable bonds is 6. The van der Waals surface area contributed by atoms with Crippen LogP contribution < -0.4 is 10.6 Å². The van der Waals surface area contributed by atoms with Gasteiger partial charge in [-0.2, -0.15) is 0 Å². The summed E-state index contributed by atoms with van der Waals surface area (Å²) in [6, 6.07) is 3.34. The molecule has 110 valence electrons. The lowest BCUT2D eigenvalue weighted by atomic mass is 10.2. The predicted octanol–water partition coefficient (Wildman–Crippen LogP) is 0.651. The lowest BCUT2D eigenvalue weighted by molar-refractivity contribution is -0.137. The fourth-order valence-electron chi connectivity index (χ4n) is 1.41. The molecule has 0 aliphatic rings. The first-order valence-corrected chi connectivity index (χ1v) is 6.82. The van der Waals surface area contributed by atoms with Crippen LogP contribution in [0.25, 0.3) is 0 Å². The number of aliphatic carboxylic acids is 1. The summed E-state index contributed by atoms with van der Waals surface area (Å²) in [5, 5.41) is 14.9. The third-order valence-corrected chi connectivity index (χ3v) is 3.74. The Balaban J connectivity index is 2.38. The highest BCUT2D eigenvalue weighted by atomic mass is 32.1. The Morgan fingerprint density at radius 1 is 1.35 bits per heavy atom. The fourth-order valence-corrected chi connectivity index (χ4v) is 2.24. The summed E-state index contributed by atoms with van der Waals surface area (Å²) >= 11 is 1.55. The van der Waals surface area contributed by atoms with Crippen LogP contribution in [0.1, 0.15) is 17.8 Å². The summed E-state index contributed by atoms with van der Waals surface area (Å²) in [7, 11) is 1.63. The van der Waals surface area contributed by atoms with E-state index in [0.717, 1.165) is 4.88 Å². The number of thiophene rings is 1. The van der Waals surface area contributed by atoms with E-state index in [9.17, 15) is 14.4 Å². The highest BCUT2D eigenvalue weighted by Gasteiger charge is 2.18. The summed E-state index contributed by atoms with van der Waals surface area (Å²) in [5.41, 5.74) is 0. The number of nitrogens with zero attached hydrogens (tertiary/aromatic N) is 1. The number of carbonyl (C=O) groups excluding carboxylic acids is 2. The van der Waals surface area contributed by atoms with E-state index in [1.165, 1.54) is 4.90 Å². The highest BCUT2D eigenvalue weighted by Crippen LogP contribution is 2.23. The molecule has 8 heteroatoms. The zero-order valence-electron chi connectivity index (χ0n) is 11.3. The number of carboxylic acids is 1. The van der Waals surface area contributed by atoms with Gasteiger partial charge in [0.05, 0.1) is 12.6 Å². The van der Waals surface area contributed by atoms with Gasteiger partial charge in [-0.15, -0.1) is 11.3 Å². The molecule has 1 aromatic rings. The number of amides is 3. The number of carboxylic acid groups (broad SMARTS) is 1. The van der Waals surface area contributed by atoms with Gasteiger partial charge < -0.3 is 20.6 Å². The van der Waals surface area contributed by atoms with Crippen LogP contribution in [-0.2, 0) is 9.59 Å². The topological polar surface area (TPSA) is 98.7 Å². The molecule has 0 saturated carbocycles. The molecule has 0 radical (unpaired) electrons. The summed E-state index contributed by atoms with van der Waals surface area (Å²) in [6.45, 7) is 1.17. The normalized spacial score (nSPS) is 11.5. The van der Waals surface area contributed by atoms with Gasteiger partial charge in [-0.05, 0) is 18.4 Å². The first kappa shape index (κ1) is 16.0. The van der Waals surface area contributed by atoms with Crippen LogP contribution in [0.3, 0.4) is 0 Å². The largest absolute Gasteiger partial charge is 0.480 e. The van der Waals surface area contributed by atoms with Crippen molar-refractivity contribution in [1.82, 2.24) is 15.5 Å². The molecule has 0 bridgehead atoms. The first-order chi connectivity index (χ1) is 9.41. The van der Waals surface area contributed by atoms with Crippen LogP contribution in [0.4, 0.5) is 4.79 Å². The number of urea groups is 1. The maximum Gasteiger partial charge on any atom is 0.322 e. The van der Waals surface area contributed by atoms with Crippen molar-refractivity contribution in [2.24, 2.45) is 0 Å². The standard InChI is InChI=1S/C12H17N3O4S/c1-8(9-4-3-5-20-9)15(2)12(19)14-6-10(16)13-7-11(17)18/h3-5,8H,6-7H2,1-2H3,(H,13,16)(H,14,19)(H,17,18). The second kappa shape index (κ2) is 7.49. The molecule has 0 aliphatic heterocycles. The van der Waals surface area contributed by atoms with Gasteiger partial charge in [-0.25, -0.2) is 4.79 Å². The molecule has 0 fully saturated rings. The van der Waals surface area contributed by atoms with Crippen molar-refractivity contribution in [1.29, 1.82) is 0 Å². The lowest BCUT2D eigenvalue weighted by Gasteiger charge is -2.24. The number of hydrogen-bond acceptors (Lipinski definition) is 4. The summed E-state index contributed by atoms with van der Waals surface area (Å²) in [4.78, 5) is 35.9. The zero-order valence-corrected chi connectivity index (χ0v) is 12.1. The third kappa shape index (κ3) is 4.88. The van der Waals surface area contributed by atoms with E-state index in [1.807, 2.05) is 24.4 Å². The fraction of sp³-hybridized carbons (Fsp3) is 0.417. The van der Waals surface area contributed by atoms with Gasteiger partial charge >= 0.3 is 12.0 Å². The third-order valence-electron chi connectivity index (χ3n) is 2.69. The number of nitrogens with one attached hydrogen (secondary N) is 2. The maximum absolute atomic E-state index is 11.8. The van der Waals surface area contributed by atoms with Crippen LogP contribution in [0.15, 0.2) is 17.5 Å². The molecule has 1 aromatic heterocycles. The Morgan fingerprint density at radius 3 is 2.60 bits per heavy atom. The van der Waals surface area contributed by atoms with Gasteiger partial charge in [0.15, 0.2) is 0 Å². The van der Waals surface area contributed by atoms with E-state index >= 15 is 0 Å². The zero-order chi connectivity index (χ0) is 15.1. The molecule has 3 N–H and O–H groups in total. The van der Waals surface area contributed by atoms with E-state index in [-0.39, 0.29) is 12.6 Å². The van der Waals surface area contributed by atoms with Crippen LogP contribution in [0.5, 0.6) is 0 Å². The minimum absolute atomic E-state index is 0.0999. The van der Waals surface area contributed by atoms with Gasteiger partial charge in [0, 0.05) is 11.9 Å². The second-order valence-electron chi connectivity index (χ2n) is 4.13. The van der Waals surface area contributed by atoms with Crippen molar-refractivity contribution < 1.29 is 19.5 Å². The Labute approximate surface area is 120 Å². The van der Waals surface area contributed by atoms with Crippen molar-refractivity contribution in [3.63, 3.8) is 0 Å². The first-order valence-electron chi connectivity index (χ1n) is 5.94. The summed E-state index contributed by atoms with van der Waals surface area (Å²) in [5.74, 6) is -1.67. The van der Waals surface area contributed by atoms with Gasteiger partial charge in [0.2, 0.25) is 5.91 Å². The molecule has 1 rings (SSSR count). The molecule has 0 aromatic carbocycles. The smallest absolute Gasteiger partial charge is 0.322 e.